The summed E-state index contributed by atoms with van der Waals surface area (Å²) in [4.78, 5) is 12.2. The molecule has 1 heterocycles. The first-order chi connectivity index (χ1) is 17.6. The van der Waals surface area contributed by atoms with E-state index < -0.39 is 0 Å². The van der Waals surface area contributed by atoms with Crippen LogP contribution in [0.4, 0.5) is 5.69 Å². The van der Waals surface area contributed by atoms with Gasteiger partial charge in [-0.25, -0.2) is 0 Å². The molecule has 1 amide bonds. The Kier molecular flexibility index (Phi) is 8.90. The first-order valence-corrected chi connectivity index (χ1v) is 12.4. The molecule has 0 spiro atoms. The fourth-order valence-corrected chi connectivity index (χ4v) is 4.15. The number of aryl methyl sites for hydroxylation is 1. The Hall–Kier alpha value is -3.89. The maximum absolute atomic E-state index is 12.2. The fourth-order valence-electron chi connectivity index (χ4n) is 3.37. The zero-order valence-electron chi connectivity index (χ0n) is 20.2. The molecule has 4 rings (SSSR count). The van der Waals surface area contributed by atoms with E-state index in [1.807, 2.05) is 79.7 Å². The van der Waals surface area contributed by atoms with Crippen LogP contribution in [0.25, 0.3) is 5.69 Å². The molecule has 1 aromatic heterocycles. The van der Waals surface area contributed by atoms with Crippen LogP contribution < -0.4 is 20.1 Å². The van der Waals surface area contributed by atoms with Crippen LogP contribution >= 0.6 is 11.8 Å². The summed E-state index contributed by atoms with van der Waals surface area (Å²) in [5.74, 6) is 1.67. The lowest BCUT2D eigenvalue weighted by Crippen LogP contribution is -2.20. The zero-order chi connectivity index (χ0) is 25.2. The highest BCUT2D eigenvalue weighted by atomic mass is 32.2. The number of ether oxygens (including phenoxy) is 2. The number of methoxy groups -OCH3 is 1. The monoisotopic (exact) mass is 504 g/mol. The van der Waals surface area contributed by atoms with Gasteiger partial charge >= 0.3 is 0 Å². The molecule has 0 fully saturated rings. The fraction of sp³-hybridized carbons (Fsp3) is 0.231. The molecular formula is C26H28N6O3S. The SMILES string of the molecule is COc1cc(CNCCSc2nnnn2-c2ccccc2)ccc1OCC(=O)Nc1ccc(C)cc1. The smallest absolute Gasteiger partial charge is 0.262 e. The van der Waals surface area contributed by atoms with E-state index >= 15 is 0 Å². The van der Waals surface area contributed by atoms with Gasteiger partial charge in [0.15, 0.2) is 18.1 Å². The Balaban J connectivity index is 1.22. The molecule has 0 aliphatic heterocycles. The molecule has 0 saturated carbocycles. The minimum absolute atomic E-state index is 0.110. The Morgan fingerprint density at radius 3 is 2.61 bits per heavy atom. The summed E-state index contributed by atoms with van der Waals surface area (Å²) in [6.07, 6.45) is 0. The number of rotatable bonds is 12. The number of amides is 1. The number of para-hydroxylation sites is 1. The Morgan fingerprint density at radius 2 is 1.83 bits per heavy atom. The van der Waals surface area contributed by atoms with Crippen molar-refractivity contribution in [3.63, 3.8) is 0 Å². The van der Waals surface area contributed by atoms with Crippen LogP contribution in [0, 0.1) is 6.92 Å². The highest BCUT2D eigenvalue weighted by Crippen LogP contribution is 2.28. The highest BCUT2D eigenvalue weighted by Gasteiger charge is 2.10. The van der Waals surface area contributed by atoms with Gasteiger partial charge in [0.1, 0.15) is 0 Å². The number of benzene rings is 3. The number of nitrogens with one attached hydrogen (secondary N) is 2. The van der Waals surface area contributed by atoms with Crippen LogP contribution in [0.15, 0.2) is 78.0 Å². The number of anilines is 1. The van der Waals surface area contributed by atoms with Crippen molar-refractivity contribution >= 4 is 23.4 Å². The molecule has 0 aliphatic carbocycles. The largest absolute Gasteiger partial charge is 0.493 e. The van der Waals surface area contributed by atoms with Gasteiger partial charge in [0.2, 0.25) is 5.16 Å². The maximum atomic E-state index is 12.2. The number of carbonyl (C=O) groups is 1. The average Bonchev–Trinajstić information content (AvgIpc) is 3.38. The quantitative estimate of drug-likeness (QED) is 0.221. The van der Waals surface area contributed by atoms with Gasteiger partial charge in [-0.15, -0.1) is 5.10 Å². The molecule has 36 heavy (non-hydrogen) atoms. The number of tetrazole rings is 1. The predicted molar refractivity (Wildman–Crippen MR) is 140 cm³/mol. The summed E-state index contributed by atoms with van der Waals surface area (Å²) in [6, 6.07) is 23.1. The normalized spacial score (nSPS) is 10.7. The topological polar surface area (TPSA) is 103 Å². The molecule has 186 valence electrons. The van der Waals surface area contributed by atoms with Gasteiger partial charge in [0.05, 0.1) is 12.8 Å². The van der Waals surface area contributed by atoms with Crippen LogP contribution in [0.2, 0.25) is 0 Å². The van der Waals surface area contributed by atoms with E-state index in [0.717, 1.165) is 40.0 Å². The van der Waals surface area contributed by atoms with Crippen LogP contribution in [0.1, 0.15) is 11.1 Å². The minimum Gasteiger partial charge on any atom is -0.493 e. The van der Waals surface area contributed by atoms with Gasteiger partial charge in [0, 0.05) is 24.5 Å². The Bertz CT molecular complexity index is 1260. The van der Waals surface area contributed by atoms with Crippen molar-refractivity contribution in [2.75, 3.05) is 31.3 Å². The van der Waals surface area contributed by atoms with E-state index in [1.165, 1.54) is 0 Å². The van der Waals surface area contributed by atoms with Crippen LogP contribution in [0.5, 0.6) is 11.5 Å². The van der Waals surface area contributed by atoms with Crippen molar-refractivity contribution in [3.8, 4) is 17.2 Å². The lowest BCUT2D eigenvalue weighted by atomic mass is 10.2. The van der Waals surface area contributed by atoms with E-state index in [2.05, 4.69) is 26.2 Å². The van der Waals surface area contributed by atoms with E-state index in [0.29, 0.717) is 18.0 Å². The molecule has 0 bridgehead atoms. The molecule has 0 radical (unpaired) electrons. The molecule has 10 heteroatoms. The molecule has 9 nitrogen and oxygen atoms in total. The van der Waals surface area contributed by atoms with Crippen LogP contribution in [-0.4, -0.2) is 52.1 Å². The Morgan fingerprint density at radius 1 is 1.03 bits per heavy atom. The lowest BCUT2D eigenvalue weighted by Gasteiger charge is -2.13. The number of thioether (sulfide) groups is 1. The van der Waals surface area contributed by atoms with Gasteiger partial charge in [-0.1, -0.05) is 53.7 Å². The summed E-state index contributed by atoms with van der Waals surface area (Å²) in [5, 5.41) is 19.0. The maximum Gasteiger partial charge on any atom is 0.262 e. The second kappa shape index (κ2) is 12.7. The van der Waals surface area contributed by atoms with Crippen molar-refractivity contribution in [2.24, 2.45) is 0 Å². The van der Waals surface area contributed by atoms with Crippen molar-refractivity contribution in [1.82, 2.24) is 25.5 Å². The van der Waals surface area contributed by atoms with Gasteiger partial charge < -0.3 is 20.1 Å². The molecule has 2 N–H and O–H groups in total. The summed E-state index contributed by atoms with van der Waals surface area (Å²) in [6.45, 7) is 3.32. The number of hydrogen-bond donors (Lipinski definition) is 2. The van der Waals surface area contributed by atoms with E-state index in [-0.39, 0.29) is 12.5 Å². The Labute approximate surface area is 214 Å². The second-order valence-corrected chi connectivity index (χ2v) is 8.98. The van der Waals surface area contributed by atoms with Crippen LogP contribution in [0.3, 0.4) is 0 Å². The van der Waals surface area contributed by atoms with E-state index in [1.54, 1.807) is 23.6 Å². The zero-order valence-corrected chi connectivity index (χ0v) is 21.0. The molecule has 0 atom stereocenters. The third-order valence-corrected chi connectivity index (χ3v) is 6.12. The summed E-state index contributed by atoms with van der Waals surface area (Å²) in [5.41, 5.74) is 3.84. The van der Waals surface area contributed by atoms with E-state index in [4.69, 9.17) is 9.47 Å². The summed E-state index contributed by atoms with van der Waals surface area (Å²) in [7, 11) is 1.58. The summed E-state index contributed by atoms with van der Waals surface area (Å²) >= 11 is 1.59. The predicted octanol–water partition coefficient (Wildman–Crippen LogP) is 3.88. The van der Waals surface area contributed by atoms with Gasteiger partial charge in [-0.05, 0) is 59.3 Å². The number of carbonyl (C=O) groups excluding carboxylic acids is 1. The second-order valence-electron chi connectivity index (χ2n) is 7.92. The average molecular weight is 505 g/mol. The first kappa shape index (κ1) is 25.2. The third kappa shape index (κ3) is 7.06. The molecule has 0 aliphatic rings. The molecule has 3 aromatic carbocycles. The van der Waals surface area contributed by atoms with Crippen molar-refractivity contribution < 1.29 is 14.3 Å². The molecule has 4 aromatic rings. The van der Waals surface area contributed by atoms with Gasteiger partial charge in [-0.3, -0.25) is 4.79 Å². The minimum atomic E-state index is -0.234. The van der Waals surface area contributed by atoms with E-state index in [9.17, 15) is 4.79 Å². The van der Waals surface area contributed by atoms with Crippen molar-refractivity contribution in [2.45, 2.75) is 18.6 Å². The summed E-state index contributed by atoms with van der Waals surface area (Å²) < 4.78 is 12.9. The number of hydrogen-bond acceptors (Lipinski definition) is 8. The van der Waals surface area contributed by atoms with Gasteiger partial charge in [-0.2, -0.15) is 4.68 Å². The van der Waals surface area contributed by atoms with Crippen molar-refractivity contribution in [1.29, 1.82) is 0 Å². The number of aromatic nitrogens is 4. The molecule has 0 unspecified atom stereocenters. The van der Waals surface area contributed by atoms with Gasteiger partial charge in [0.25, 0.3) is 5.91 Å². The van der Waals surface area contributed by atoms with Crippen molar-refractivity contribution in [3.05, 3.63) is 83.9 Å². The lowest BCUT2D eigenvalue weighted by molar-refractivity contribution is -0.118. The molecule has 0 saturated heterocycles. The number of nitrogens with zero attached hydrogens (tertiary/aromatic N) is 4. The molecular weight excluding hydrogens is 476 g/mol. The standard InChI is InChI=1S/C26H28N6O3S/c1-19-8-11-21(12-9-19)28-25(33)18-35-23-13-10-20(16-24(23)34-2)17-27-14-15-36-26-29-30-31-32(26)22-6-4-3-5-7-22/h3-13,16,27H,14-15,17-18H2,1-2H3,(H,28,33). The third-order valence-electron chi connectivity index (χ3n) is 5.20. The van der Waals surface area contributed by atoms with Crippen LogP contribution in [-0.2, 0) is 11.3 Å². The highest BCUT2D eigenvalue weighted by molar-refractivity contribution is 7.99. The first-order valence-electron chi connectivity index (χ1n) is 11.5.